The standard InChI is InChI=1S/C15H17N3O3/c1-4-21-15(20)18-16-8-12-7-11-6-9(2)5-10(3)13(11)17-14(12)19/h5-8H,4H2,1-3H3,(H,17,19)(H,18,20)/b16-8+. The molecule has 0 fully saturated rings. The number of nitrogens with zero attached hydrogens (tertiary/aromatic N) is 1. The summed E-state index contributed by atoms with van der Waals surface area (Å²) in [4.78, 5) is 25.9. The molecular formula is C15H17N3O3. The largest absolute Gasteiger partial charge is 0.449 e. The highest BCUT2D eigenvalue weighted by molar-refractivity contribution is 5.89. The Hall–Kier alpha value is -2.63. The summed E-state index contributed by atoms with van der Waals surface area (Å²) in [5.74, 6) is 0. The van der Waals surface area contributed by atoms with Gasteiger partial charge in [-0.05, 0) is 43.9 Å². The van der Waals surface area contributed by atoms with Crippen molar-refractivity contribution < 1.29 is 9.53 Å². The topological polar surface area (TPSA) is 83.5 Å². The van der Waals surface area contributed by atoms with Crippen LogP contribution in [0.4, 0.5) is 4.79 Å². The normalized spacial score (nSPS) is 11.0. The summed E-state index contributed by atoms with van der Waals surface area (Å²) in [6.45, 7) is 5.90. The van der Waals surface area contributed by atoms with Crippen molar-refractivity contribution in [2.75, 3.05) is 6.61 Å². The average Bonchev–Trinajstić information content (AvgIpc) is 2.40. The van der Waals surface area contributed by atoms with Crippen molar-refractivity contribution in [1.82, 2.24) is 10.4 Å². The van der Waals surface area contributed by atoms with Gasteiger partial charge in [-0.15, -0.1) is 0 Å². The van der Waals surface area contributed by atoms with Gasteiger partial charge in [-0.2, -0.15) is 5.10 Å². The number of carbonyl (C=O) groups is 1. The van der Waals surface area contributed by atoms with E-state index < -0.39 is 6.09 Å². The molecule has 1 aromatic carbocycles. The van der Waals surface area contributed by atoms with Crippen LogP contribution in [0.15, 0.2) is 28.1 Å². The van der Waals surface area contributed by atoms with Gasteiger partial charge in [0.2, 0.25) is 0 Å². The minimum absolute atomic E-state index is 0.260. The Morgan fingerprint density at radius 2 is 2.14 bits per heavy atom. The highest BCUT2D eigenvalue weighted by atomic mass is 16.5. The fourth-order valence-corrected chi connectivity index (χ4v) is 2.12. The van der Waals surface area contributed by atoms with Gasteiger partial charge in [0.05, 0.1) is 23.9 Å². The number of pyridine rings is 1. The molecule has 0 saturated carbocycles. The van der Waals surface area contributed by atoms with E-state index in [1.54, 1.807) is 13.0 Å². The summed E-state index contributed by atoms with van der Waals surface area (Å²) < 4.78 is 4.66. The number of carbonyl (C=O) groups excluding carboxylic acids is 1. The number of hydrazone groups is 1. The molecule has 2 aromatic rings. The number of H-pyrrole nitrogens is 1. The van der Waals surface area contributed by atoms with Crippen LogP contribution >= 0.6 is 0 Å². The lowest BCUT2D eigenvalue weighted by molar-refractivity contribution is 0.152. The maximum atomic E-state index is 12.0. The fourth-order valence-electron chi connectivity index (χ4n) is 2.12. The van der Waals surface area contributed by atoms with Crippen LogP contribution in [0.5, 0.6) is 0 Å². The molecule has 1 aromatic heterocycles. The zero-order valence-corrected chi connectivity index (χ0v) is 12.2. The first kappa shape index (κ1) is 14.8. The Kier molecular flexibility index (Phi) is 4.37. The van der Waals surface area contributed by atoms with E-state index in [4.69, 9.17) is 0 Å². The molecule has 0 saturated heterocycles. The molecule has 6 heteroatoms. The van der Waals surface area contributed by atoms with E-state index in [0.29, 0.717) is 5.56 Å². The van der Waals surface area contributed by atoms with Crippen molar-refractivity contribution in [3.63, 3.8) is 0 Å². The Morgan fingerprint density at radius 3 is 2.86 bits per heavy atom. The number of hydrogen-bond acceptors (Lipinski definition) is 4. The first-order valence-corrected chi connectivity index (χ1v) is 6.61. The lowest BCUT2D eigenvalue weighted by atomic mass is 10.1. The predicted molar refractivity (Wildman–Crippen MR) is 81.8 cm³/mol. The number of hydrogen-bond donors (Lipinski definition) is 2. The van der Waals surface area contributed by atoms with Gasteiger partial charge < -0.3 is 9.72 Å². The quantitative estimate of drug-likeness (QED) is 0.670. The van der Waals surface area contributed by atoms with Crippen LogP contribution < -0.4 is 11.0 Å². The van der Waals surface area contributed by atoms with Gasteiger partial charge in [-0.3, -0.25) is 4.79 Å². The first-order valence-electron chi connectivity index (χ1n) is 6.61. The fraction of sp³-hybridized carbons (Fsp3) is 0.267. The molecule has 0 radical (unpaired) electrons. The third-order valence-corrected chi connectivity index (χ3v) is 2.96. The number of rotatable bonds is 3. The minimum atomic E-state index is -0.655. The Balaban J connectivity index is 2.33. The van der Waals surface area contributed by atoms with E-state index >= 15 is 0 Å². The second-order valence-corrected chi connectivity index (χ2v) is 4.69. The van der Waals surface area contributed by atoms with Crippen LogP contribution in [0.2, 0.25) is 0 Å². The number of amides is 1. The molecule has 2 rings (SSSR count). The number of fused-ring (bicyclic) bond motifs is 1. The SMILES string of the molecule is CCOC(=O)N/N=C/c1cc2cc(C)cc(C)c2[nH]c1=O. The van der Waals surface area contributed by atoms with Crippen molar-refractivity contribution in [2.24, 2.45) is 5.10 Å². The molecule has 0 aliphatic heterocycles. The summed E-state index contributed by atoms with van der Waals surface area (Å²) in [7, 11) is 0. The summed E-state index contributed by atoms with van der Waals surface area (Å²) in [6, 6.07) is 5.73. The van der Waals surface area contributed by atoms with E-state index in [9.17, 15) is 9.59 Å². The molecule has 1 amide bonds. The highest BCUT2D eigenvalue weighted by Gasteiger charge is 2.04. The molecular weight excluding hydrogens is 270 g/mol. The Bertz CT molecular complexity index is 763. The molecule has 0 bridgehead atoms. The number of ether oxygens (including phenoxy) is 1. The van der Waals surface area contributed by atoms with E-state index in [0.717, 1.165) is 22.0 Å². The van der Waals surface area contributed by atoms with E-state index in [2.05, 4.69) is 20.2 Å². The first-order chi connectivity index (χ1) is 10.0. The van der Waals surface area contributed by atoms with Crippen LogP contribution in [0.25, 0.3) is 10.9 Å². The van der Waals surface area contributed by atoms with Crippen LogP contribution in [0.3, 0.4) is 0 Å². The van der Waals surface area contributed by atoms with E-state index in [1.165, 1.54) is 6.21 Å². The number of benzene rings is 1. The number of nitrogens with one attached hydrogen (secondary N) is 2. The summed E-state index contributed by atoms with van der Waals surface area (Å²) in [6.07, 6.45) is 0.644. The van der Waals surface area contributed by atoms with Crippen molar-refractivity contribution in [2.45, 2.75) is 20.8 Å². The van der Waals surface area contributed by atoms with Crippen molar-refractivity contribution >= 4 is 23.2 Å². The molecule has 2 N–H and O–H groups in total. The third kappa shape index (κ3) is 3.47. The summed E-state index contributed by atoms with van der Waals surface area (Å²) in [5, 5.41) is 4.62. The van der Waals surface area contributed by atoms with E-state index in [1.807, 2.05) is 26.0 Å². The average molecular weight is 287 g/mol. The van der Waals surface area contributed by atoms with E-state index in [-0.39, 0.29) is 12.2 Å². The van der Waals surface area contributed by atoms with Gasteiger partial charge in [-0.1, -0.05) is 11.6 Å². The Morgan fingerprint density at radius 1 is 1.38 bits per heavy atom. The molecule has 110 valence electrons. The molecule has 0 aliphatic rings. The Labute approximate surface area is 121 Å². The van der Waals surface area contributed by atoms with Crippen LogP contribution in [0, 0.1) is 13.8 Å². The highest BCUT2D eigenvalue weighted by Crippen LogP contribution is 2.17. The molecule has 0 unspecified atom stereocenters. The van der Waals surface area contributed by atoms with Crippen molar-refractivity contribution in [1.29, 1.82) is 0 Å². The molecule has 21 heavy (non-hydrogen) atoms. The summed E-state index contributed by atoms with van der Waals surface area (Å²) in [5.41, 5.74) is 5.22. The lowest BCUT2D eigenvalue weighted by Crippen LogP contribution is -2.20. The monoisotopic (exact) mass is 287 g/mol. The number of aromatic nitrogens is 1. The molecule has 1 heterocycles. The van der Waals surface area contributed by atoms with Gasteiger partial charge in [0.25, 0.3) is 5.56 Å². The predicted octanol–water partition coefficient (Wildman–Crippen LogP) is 2.22. The number of aryl methyl sites for hydroxylation is 2. The maximum absolute atomic E-state index is 12.0. The van der Waals surface area contributed by atoms with Crippen LogP contribution in [0.1, 0.15) is 23.6 Å². The molecule has 6 nitrogen and oxygen atoms in total. The molecule has 0 atom stereocenters. The van der Waals surface area contributed by atoms with Gasteiger partial charge >= 0.3 is 6.09 Å². The smallest absolute Gasteiger partial charge is 0.427 e. The zero-order chi connectivity index (χ0) is 15.4. The summed E-state index contributed by atoms with van der Waals surface area (Å²) >= 11 is 0. The van der Waals surface area contributed by atoms with Gasteiger partial charge in [0.15, 0.2) is 0 Å². The second kappa shape index (κ2) is 6.21. The van der Waals surface area contributed by atoms with Gasteiger partial charge in [0.1, 0.15) is 0 Å². The lowest BCUT2D eigenvalue weighted by Gasteiger charge is -2.05. The number of aromatic amines is 1. The van der Waals surface area contributed by atoms with Gasteiger partial charge in [-0.25, -0.2) is 10.2 Å². The maximum Gasteiger partial charge on any atom is 0.427 e. The second-order valence-electron chi connectivity index (χ2n) is 4.69. The van der Waals surface area contributed by atoms with Crippen molar-refractivity contribution in [3.05, 3.63) is 45.2 Å². The molecule has 0 spiro atoms. The molecule has 0 aliphatic carbocycles. The minimum Gasteiger partial charge on any atom is -0.449 e. The van der Waals surface area contributed by atoms with Crippen LogP contribution in [-0.2, 0) is 4.74 Å². The van der Waals surface area contributed by atoms with Gasteiger partial charge in [0, 0.05) is 0 Å². The third-order valence-electron chi connectivity index (χ3n) is 2.96. The zero-order valence-electron chi connectivity index (χ0n) is 12.2. The van der Waals surface area contributed by atoms with Crippen molar-refractivity contribution in [3.8, 4) is 0 Å². The van der Waals surface area contributed by atoms with Crippen LogP contribution in [-0.4, -0.2) is 23.9 Å².